The van der Waals surface area contributed by atoms with Gasteiger partial charge in [-0.1, -0.05) is 66.7 Å². The van der Waals surface area contributed by atoms with Crippen LogP contribution in [0.3, 0.4) is 0 Å². The molecule has 31 heavy (non-hydrogen) atoms. The Hall–Kier alpha value is -2.86. The molecule has 2 atom stereocenters. The fraction of sp³-hybridized carbons (Fsp3) is 0.308. The Morgan fingerprint density at radius 1 is 1.03 bits per heavy atom. The van der Waals surface area contributed by atoms with Crippen LogP contribution in [0.1, 0.15) is 12.0 Å². The number of ether oxygens (including phenoxy) is 1. The number of aliphatic hydroxyl groups excluding tert-OH is 1. The van der Waals surface area contributed by atoms with Gasteiger partial charge in [0, 0.05) is 36.6 Å². The van der Waals surface area contributed by atoms with E-state index < -0.39 is 6.10 Å². The van der Waals surface area contributed by atoms with Gasteiger partial charge in [0.2, 0.25) is 0 Å². The number of phenolic OH excluding ortho intramolecular Hbond substituents is 1. The molecule has 0 aliphatic carbocycles. The summed E-state index contributed by atoms with van der Waals surface area (Å²) in [5, 5.41) is 26.6. The summed E-state index contributed by atoms with van der Waals surface area (Å²) in [5.74, 6) is 1.06. The molecule has 5 nitrogen and oxygen atoms in total. The highest BCUT2D eigenvalue weighted by Crippen LogP contribution is 2.25. The van der Waals surface area contributed by atoms with Gasteiger partial charge in [-0.3, -0.25) is 4.90 Å². The van der Waals surface area contributed by atoms with Crippen molar-refractivity contribution in [3.63, 3.8) is 0 Å². The van der Waals surface area contributed by atoms with Crippen molar-refractivity contribution in [1.82, 2.24) is 10.2 Å². The third-order valence-electron chi connectivity index (χ3n) is 5.58. The molecule has 0 radical (unpaired) electrons. The number of fused-ring (bicyclic) bond motifs is 1. The van der Waals surface area contributed by atoms with Crippen LogP contribution in [0.4, 0.5) is 0 Å². The van der Waals surface area contributed by atoms with E-state index in [0.29, 0.717) is 13.1 Å². The third kappa shape index (κ3) is 5.85. The molecule has 0 bridgehead atoms. The summed E-state index contributed by atoms with van der Waals surface area (Å²) in [6.07, 6.45) is 4.76. The van der Waals surface area contributed by atoms with Crippen LogP contribution in [0.15, 0.2) is 78.9 Å². The van der Waals surface area contributed by atoms with E-state index in [-0.39, 0.29) is 18.4 Å². The lowest BCUT2D eigenvalue weighted by Gasteiger charge is -2.30. The Labute approximate surface area is 183 Å². The number of phenols is 1. The second-order valence-electron chi connectivity index (χ2n) is 8.04. The maximum absolute atomic E-state index is 10.8. The minimum absolute atomic E-state index is 0.208. The Kier molecular flexibility index (Phi) is 7.20. The molecule has 0 saturated carbocycles. The van der Waals surface area contributed by atoms with Crippen LogP contribution in [0.2, 0.25) is 0 Å². The Balaban J connectivity index is 1.41. The quantitative estimate of drug-likeness (QED) is 0.463. The van der Waals surface area contributed by atoms with E-state index in [1.807, 2.05) is 48.5 Å². The zero-order valence-electron chi connectivity index (χ0n) is 17.7. The highest BCUT2D eigenvalue weighted by molar-refractivity contribution is 5.88. The van der Waals surface area contributed by atoms with Gasteiger partial charge >= 0.3 is 0 Å². The first-order valence-corrected chi connectivity index (χ1v) is 10.9. The van der Waals surface area contributed by atoms with Gasteiger partial charge in [-0.2, -0.15) is 0 Å². The smallest absolute Gasteiger partial charge is 0.127 e. The summed E-state index contributed by atoms with van der Waals surface area (Å²) >= 11 is 0. The van der Waals surface area contributed by atoms with Crippen molar-refractivity contribution in [2.45, 2.75) is 25.1 Å². The van der Waals surface area contributed by atoms with E-state index in [1.165, 1.54) is 0 Å². The maximum atomic E-state index is 10.8. The predicted octanol–water partition coefficient (Wildman–Crippen LogP) is 3.71. The number of para-hydroxylation sites is 1. The molecule has 2 unspecified atom stereocenters. The van der Waals surface area contributed by atoms with Crippen LogP contribution in [0.5, 0.6) is 11.5 Å². The summed E-state index contributed by atoms with van der Waals surface area (Å²) in [4.78, 5) is 2.17. The van der Waals surface area contributed by atoms with E-state index in [4.69, 9.17) is 4.74 Å². The van der Waals surface area contributed by atoms with E-state index in [9.17, 15) is 10.2 Å². The van der Waals surface area contributed by atoms with E-state index in [2.05, 4.69) is 34.5 Å². The molecule has 3 aromatic carbocycles. The normalized spacial score (nSPS) is 17.2. The number of aliphatic hydroxyl groups is 1. The number of benzene rings is 3. The molecular weight excluding hydrogens is 388 g/mol. The molecule has 0 fully saturated rings. The lowest BCUT2D eigenvalue weighted by atomic mass is 10.1. The van der Waals surface area contributed by atoms with Gasteiger partial charge in [-0.15, -0.1) is 0 Å². The van der Waals surface area contributed by atoms with Crippen molar-refractivity contribution in [2.24, 2.45) is 0 Å². The van der Waals surface area contributed by atoms with Gasteiger partial charge in [0.05, 0.1) is 0 Å². The van der Waals surface area contributed by atoms with Crippen molar-refractivity contribution in [2.75, 3.05) is 26.2 Å². The van der Waals surface area contributed by atoms with E-state index in [1.54, 1.807) is 6.07 Å². The highest BCUT2D eigenvalue weighted by atomic mass is 16.5. The molecule has 0 spiro atoms. The minimum atomic E-state index is -0.655. The third-order valence-corrected chi connectivity index (χ3v) is 5.58. The summed E-state index contributed by atoms with van der Waals surface area (Å²) < 4.78 is 5.99. The summed E-state index contributed by atoms with van der Waals surface area (Å²) in [6.45, 7) is 2.92. The summed E-state index contributed by atoms with van der Waals surface area (Å²) in [6, 6.07) is 21.6. The summed E-state index contributed by atoms with van der Waals surface area (Å²) in [5.41, 5.74) is 0.851. The molecule has 1 aliphatic heterocycles. The molecular formula is C26H30N2O3. The predicted molar refractivity (Wildman–Crippen MR) is 124 cm³/mol. The van der Waals surface area contributed by atoms with Crippen molar-refractivity contribution < 1.29 is 14.9 Å². The van der Waals surface area contributed by atoms with Crippen LogP contribution in [-0.2, 0) is 6.54 Å². The van der Waals surface area contributed by atoms with Gasteiger partial charge in [0.25, 0.3) is 0 Å². The van der Waals surface area contributed by atoms with Crippen LogP contribution in [0, 0.1) is 0 Å². The van der Waals surface area contributed by atoms with E-state index >= 15 is 0 Å². The molecule has 4 rings (SSSR count). The molecule has 0 saturated heterocycles. The Bertz CT molecular complexity index is 1010. The first-order chi connectivity index (χ1) is 15.2. The SMILES string of the molecule is Oc1ccccc1CN(CC(O)COc1cccc2ccccc12)CC1C=CCCN1. The van der Waals surface area contributed by atoms with Gasteiger partial charge in [0.1, 0.15) is 24.2 Å². The minimum Gasteiger partial charge on any atom is -0.508 e. The number of aromatic hydroxyl groups is 1. The van der Waals surface area contributed by atoms with Gasteiger partial charge in [-0.25, -0.2) is 0 Å². The van der Waals surface area contributed by atoms with Crippen LogP contribution in [0.25, 0.3) is 10.8 Å². The standard InChI is InChI=1S/C26H30N2O3/c29-23(19-31-26-14-7-10-20-8-1-3-12-24(20)26)18-28(17-22-11-5-6-15-27-22)16-21-9-2-4-13-25(21)30/h1-5,7-14,22-23,27,29-30H,6,15-19H2. The molecule has 162 valence electrons. The first kappa shape index (κ1) is 21.4. The first-order valence-electron chi connectivity index (χ1n) is 10.9. The fourth-order valence-corrected chi connectivity index (χ4v) is 4.03. The number of nitrogens with one attached hydrogen (secondary N) is 1. The molecule has 5 heteroatoms. The largest absolute Gasteiger partial charge is 0.508 e. The molecule has 3 N–H and O–H groups in total. The second-order valence-corrected chi connectivity index (χ2v) is 8.04. The van der Waals surface area contributed by atoms with Gasteiger partial charge in [0.15, 0.2) is 0 Å². The van der Waals surface area contributed by atoms with Crippen LogP contribution < -0.4 is 10.1 Å². The van der Waals surface area contributed by atoms with Crippen molar-refractivity contribution in [3.05, 3.63) is 84.4 Å². The van der Waals surface area contributed by atoms with Crippen LogP contribution in [-0.4, -0.2) is 53.5 Å². The average Bonchev–Trinajstić information content (AvgIpc) is 2.80. The second kappa shape index (κ2) is 10.4. The van der Waals surface area contributed by atoms with Gasteiger partial charge in [-0.05, 0) is 30.5 Å². The monoisotopic (exact) mass is 418 g/mol. The van der Waals surface area contributed by atoms with Gasteiger partial charge < -0.3 is 20.3 Å². The lowest BCUT2D eigenvalue weighted by Crippen LogP contribution is -2.44. The molecule has 1 heterocycles. The van der Waals surface area contributed by atoms with Crippen molar-refractivity contribution >= 4 is 10.8 Å². The number of hydrogen-bond acceptors (Lipinski definition) is 5. The number of rotatable bonds is 9. The van der Waals surface area contributed by atoms with E-state index in [0.717, 1.165) is 41.6 Å². The zero-order chi connectivity index (χ0) is 21.5. The zero-order valence-corrected chi connectivity index (χ0v) is 17.7. The Morgan fingerprint density at radius 2 is 1.84 bits per heavy atom. The number of hydrogen-bond donors (Lipinski definition) is 3. The molecule has 0 aromatic heterocycles. The fourth-order valence-electron chi connectivity index (χ4n) is 4.03. The molecule has 0 amide bonds. The average molecular weight is 419 g/mol. The Morgan fingerprint density at radius 3 is 2.68 bits per heavy atom. The maximum Gasteiger partial charge on any atom is 0.127 e. The molecule has 3 aromatic rings. The molecule has 1 aliphatic rings. The summed E-state index contributed by atoms with van der Waals surface area (Å²) in [7, 11) is 0. The highest BCUT2D eigenvalue weighted by Gasteiger charge is 2.19. The van der Waals surface area contributed by atoms with Crippen molar-refractivity contribution in [1.29, 1.82) is 0 Å². The van der Waals surface area contributed by atoms with Crippen LogP contribution >= 0.6 is 0 Å². The lowest BCUT2D eigenvalue weighted by molar-refractivity contribution is 0.0638. The van der Waals surface area contributed by atoms with Crippen molar-refractivity contribution in [3.8, 4) is 11.5 Å². The number of nitrogens with zero attached hydrogens (tertiary/aromatic N) is 1. The topological polar surface area (TPSA) is 65.0 Å².